The molecule has 2 aromatic rings. The number of ether oxygens (including phenoxy) is 2. The average Bonchev–Trinajstić information content (AvgIpc) is 3.36. The molecule has 8 nitrogen and oxygen atoms in total. The second kappa shape index (κ2) is 8.60. The molecule has 1 amide bonds. The van der Waals surface area contributed by atoms with Crippen molar-refractivity contribution in [3.05, 3.63) is 47.9 Å². The minimum absolute atomic E-state index is 0.0642. The lowest BCUT2D eigenvalue weighted by Gasteiger charge is -2.19. The number of carbonyl (C=O) groups excluding carboxylic acids is 1. The van der Waals surface area contributed by atoms with Gasteiger partial charge in [-0.2, -0.15) is 5.10 Å². The van der Waals surface area contributed by atoms with Gasteiger partial charge in [0.05, 0.1) is 26.2 Å². The number of furan rings is 1. The molecule has 3 rings (SSSR count). The lowest BCUT2D eigenvalue weighted by molar-refractivity contribution is -0.137. The van der Waals surface area contributed by atoms with Crippen molar-refractivity contribution >= 4 is 17.6 Å². The van der Waals surface area contributed by atoms with Gasteiger partial charge >= 0.3 is 5.97 Å². The second-order valence-electron chi connectivity index (χ2n) is 6.33. The topological polar surface area (TPSA) is 102 Å². The van der Waals surface area contributed by atoms with Gasteiger partial charge in [0.2, 0.25) is 5.91 Å². The van der Waals surface area contributed by atoms with Gasteiger partial charge in [-0.25, -0.2) is 5.01 Å². The Bertz CT molecular complexity index is 875. The van der Waals surface area contributed by atoms with Gasteiger partial charge in [-0.15, -0.1) is 0 Å². The highest BCUT2D eigenvalue weighted by atomic mass is 16.5. The third-order valence-electron chi connectivity index (χ3n) is 4.54. The van der Waals surface area contributed by atoms with E-state index in [1.165, 1.54) is 5.01 Å². The third kappa shape index (κ3) is 4.16. The standard InChI is InChI=1S/C20H22N2O6/c1-26-13-8-9-17(27-2)14(11-13)15-12-16(18-5-4-10-28-18)22(21-15)19(23)6-3-7-20(24)25/h4-5,8-11,16H,3,6-7,12H2,1-2H3,(H,24,25). The smallest absolute Gasteiger partial charge is 0.303 e. The van der Waals surface area contributed by atoms with Crippen LogP contribution >= 0.6 is 0 Å². The zero-order valence-corrected chi connectivity index (χ0v) is 15.8. The van der Waals surface area contributed by atoms with Crippen LogP contribution in [-0.4, -0.2) is 41.9 Å². The molecule has 0 saturated heterocycles. The Balaban J connectivity index is 1.90. The van der Waals surface area contributed by atoms with Crippen LogP contribution in [0.3, 0.4) is 0 Å². The quantitative estimate of drug-likeness (QED) is 0.747. The van der Waals surface area contributed by atoms with Crippen LogP contribution in [0.4, 0.5) is 0 Å². The summed E-state index contributed by atoms with van der Waals surface area (Å²) in [6.07, 6.45) is 2.28. The summed E-state index contributed by atoms with van der Waals surface area (Å²) >= 11 is 0. The number of methoxy groups -OCH3 is 2. The molecule has 0 spiro atoms. The van der Waals surface area contributed by atoms with Crippen LogP contribution in [0.1, 0.15) is 43.0 Å². The number of rotatable bonds is 8. The molecule has 8 heteroatoms. The third-order valence-corrected chi connectivity index (χ3v) is 4.54. The van der Waals surface area contributed by atoms with Gasteiger partial charge in [0.25, 0.3) is 0 Å². The van der Waals surface area contributed by atoms with Gasteiger partial charge < -0.3 is 19.0 Å². The van der Waals surface area contributed by atoms with Crippen molar-refractivity contribution < 1.29 is 28.6 Å². The summed E-state index contributed by atoms with van der Waals surface area (Å²) in [6.45, 7) is 0. The molecule has 28 heavy (non-hydrogen) atoms. The predicted molar refractivity (Wildman–Crippen MR) is 100 cm³/mol. The van der Waals surface area contributed by atoms with Crippen LogP contribution in [0, 0.1) is 0 Å². The van der Waals surface area contributed by atoms with E-state index in [9.17, 15) is 9.59 Å². The fraction of sp³-hybridized carbons (Fsp3) is 0.350. The van der Waals surface area contributed by atoms with E-state index in [-0.39, 0.29) is 25.2 Å². The van der Waals surface area contributed by atoms with Crippen molar-refractivity contribution in [2.24, 2.45) is 5.10 Å². The van der Waals surface area contributed by atoms with Crippen molar-refractivity contribution in [2.45, 2.75) is 31.7 Å². The fourth-order valence-corrected chi connectivity index (χ4v) is 3.15. The minimum Gasteiger partial charge on any atom is -0.497 e. The molecule has 1 aromatic heterocycles. The highest BCUT2D eigenvalue weighted by Gasteiger charge is 2.35. The number of aliphatic carboxylic acids is 1. The Morgan fingerprint density at radius 2 is 2.07 bits per heavy atom. The Labute approximate surface area is 162 Å². The number of hydrazone groups is 1. The number of carbonyl (C=O) groups is 2. The molecular weight excluding hydrogens is 364 g/mol. The van der Waals surface area contributed by atoms with Crippen molar-refractivity contribution in [1.29, 1.82) is 0 Å². The first-order valence-electron chi connectivity index (χ1n) is 8.90. The van der Waals surface area contributed by atoms with Gasteiger partial charge in [0.15, 0.2) is 0 Å². The maximum Gasteiger partial charge on any atom is 0.303 e. The van der Waals surface area contributed by atoms with E-state index in [1.807, 2.05) is 6.07 Å². The molecular formula is C20H22N2O6. The summed E-state index contributed by atoms with van der Waals surface area (Å²) < 4.78 is 16.2. The summed E-state index contributed by atoms with van der Waals surface area (Å²) in [7, 11) is 3.14. The largest absolute Gasteiger partial charge is 0.497 e. The van der Waals surface area contributed by atoms with Crippen LogP contribution in [0.5, 0.6) is 11.5 Å². The first-order valence-corrected chi connectivity index (χ1v) is 8.90. The fourth-order valence-electron chi connectivity index (χ4n) is 3.15. The molecule has 148 valence electrons. The van der Waals surface area contributed by atoms with E-state index in [2.05, 4.69) is 5.10 Å². The summed E-state index contributed by atoms with van der Waals surface area (Å²) in [5.74, 6) is 0.714. The Morgan fingerprint density at radius 3 is 2.71 bits per heavy atom. The first-order chi connectivity index (χ1) is 13.5. The molecule has 0 bridgehead atoms. The molecule has 1 N–H and O–H groups in total. The number of benzene rings is 1. The molecule has 0 saturated carbocycles. The first kappa shape index (κ1) is 19.5. The van der Waals surface area contributed by atoms with Gasteiger partial charge in [-0.3, -0.25) is 9.59 Å². The van der Waals surface area contributed by atoms with Crippen molar-refractivity contribution in [3.63, 3.8) is 0 Å². The number of nitrogens with zero attached hydrogens (tertiary/aromatic N) is 2. The maximum absolute atomic E-state index is 12.7. The SMILES string of the molecule is COc1ccc(OC)c(C2=NN(C(=O)CCCC(=O)O)C(c3ccco3)C2)c1. The number of hydrogen-bond acceptors (Lipinski definition) is 6. The molecule has 1 atom stereocenters. The van der Waals surface area contributed by atoms with E-state index in [0.29, 0.717) is 29.4 Å². The van der Waals surface area contributed by atoms with Crippen LogP contribution in [0.2, 0.25) is 0 Å². The monoisotopic (exact) mass is 386 g/mol. The minimum atomic E-state index is -0.929. The van der Waals surface area contributed by atoms with Gasteiger partial charge in [0.1, 0.15) is 23.3 Å². The number of hydrogen-bond donors (Lipinski definition) is 1. The summed E-state index contributed by atoms with van der Waals surface area (Å²) in [5.41, 5.74) is 1.41. The Kier molecular flexibility index (Phi) is 5.98. The van der Waals surface area contributed by atoms with Crippen molar-refractivity contribution in [2.75, 3.05) is 14.2 Å². The molecule has 1 aromatic carbocycles. The summed E-state index contributed by atoms with van der Waals surface area (Å²) in [5, 5.41) is 14.7. The Morgan fingerprint density at radius 1 is 1.25 bits per heavy atom. The molecule has 2 heterocycles. The number of amides is 1. The van der Waals surface area contributed by atoms with Crippen LogP contribution in [0.15, 0.2) is 46.1 Å². The zero-order valence-electron chi connectivity index (χ0n) is 15.8. The van der Waals surface area contributed by atoms with Crippen LogP contribution in [0.25, 0.3) is 0 Å². The molecule has 0 fully saturated rings. The molecule has 1 aliphatic rings. The van der Waals surface area contributed by atoms with Gasteiger partial charge in [0, 0.05) is 24.8 Å². The zero-order chi connectivity index (χ0) is 20.1. The van der Waals surface area contributed by atoms with Crippen LogP contribution < -0.4 is 9.47 Å². The molecule has 1 unspecified atom stereocenters. The lowest BCUT2D eigenvalue weighted by Crippen LogP contribution is -2.26. The summed E-state index contributed by atoms with van der Waals surface area (Å²) in [6, 6.07) is 8.55. The number of carboxylic acid groups (broad SMARTS) is 1. The maximum atomic E-state index is 12.7. The van der Waals surface area contributed by atoms with E-state index in [0.717, 1.165) is 5.56 Å². The van der Waals surface area contributed by atoms with Crippen molar-refractivity contribution in [3.8, 4) is 11.5 Å². The van der Waals surface area contributed by atoms with E-state index in [1.54, 1.807) is 44.7 Å². The van der Waals surface area contributed by atoms with Gasteiger partial charge in [-0.1, -0.05) is 0 Å². The molecule has 0 aliphatic carbocycles. The number of carboxylic acids is 1. The summed E-state index contributed by atoms with van der Waals surface area (Å²) in [4.78, 5) is 23.4. The van der Waals surface area contributed by atoms with E-state index in [4.69, 9.17) is 19.0 Å². The average molecular weight is 386 g/mol. The molecule has 1 aliphatic heterocycles. The normalized spacial score (nSPS) is 16.0. The lowest BCUT2D eigenvalue weighted by atomic mass is 10.0. The highest BCUT2D eigenvalue weighted by molar-refractivity contribution is 6.05. The second-order valence-corrected chi connectivity index (χ2v) is 6.33. The van der Waals surface area contributed by atoms with Gasteiger partial charge in [-0.05, 0) is 36.8 Å². The highest BCUT2D eigenvalue weighted by Crippen LogP contribution is 2.36. The van der Waals surface area contributed by atoms with Crippen LogP contribution in [-0.2, 0) is 9.59 Å². The van der Waals surface area contributed by atoms with Crippen molar-refractivity contribution in [1.82, 2.24) is 5.01 Å². The Hall–Kier alpha value is -3.29. The predicted octanol–water partition coefficient (Wildman–Crippen LogP) is 3.23. The van der Waals surface area contributed by atoms with E-state index < -0.39 is 12.0 Å². The molecule has 0 radical (unpaired) electrons. The van der Waals surface area contributed by atoms with E-state index >= 15 is 0 Å².